The Kier molecular flexibility index (Phi) is 7.24. The van der Waals surface area contributed by atoms with Gasteiger partial charge in [-0.3, -0.25) is 0 Å². The van der Waals surface area contributed by atoms with Gasteiger partial charge in [0.15, 0.2) is 17.5 Å². The molecule has 0 N–H and O–H groups in total. The predicted molar refractivity (Wildman–Crippen MR) is 242 cm³/mol. The number of thiophene rings is 2. The molecule has 57 heavy (non-hydrogen) atoms. The van der Waals surface area contributed by atoms with Crippen LogP contribution in [0.5, 0.6) is 0 Å². The number of nitrogens with zero attached hydrogens (tertiary/aromatic N) is 4. The normalized spacial score (nSPS) is 11.9. The van der Waals surface area contributed by atoms with Gasteiger partial charge in [-0.2, -0.15) is 0 Å². The number of rotatable bonds is 5. The van der Waals surface area contributed by atoms with Crippen molar-refractivity contribution in [3.05, 3.63) is 182 Å². The molecule has 0 radical (unpaired) electrons. The van der Waals surface area contributed by atoms with Crippen LogP contribution in [0.1, 0.15) is 0 Å². The van der Waals surface area contributed by atoms with Crippen molar-refractivity contribution >= 4 is 84.8 Å². The second kappa shape index (κ2) is 12.8. The van der Waals surface area contributed by atoms with Crippen molar-refractivity contribution in [3.63, 3.8) is 0 Å². The summed E-state index contributed by atoms with van der Waals surface area (Å²) in [5, 5.41) is 7.54. The molecule has 0 unspecified atom stereocenters. The summed E-state index contributed by atoms with van der Waals surface area (Å²) in [7, 11) is 0. The average Bonchev–Trinajstić information content (AvgIpc) is 3.96. The first kappa shape index (κ1) is 32.3. The molecule has 12 aromatic rings. The third-order valence-corrected chi connectivity index (χ3v) is 13.5. The van der Waals surface area contributed by atoms with Crippen molar-refractivity contribution < 1.29 is 0 Å². The van der Waals surface area contributed by atoms with Gasteiger partial charge in [-0.25, -0.2) is 15.0 Å². The number of hydrogen-bond donors (Lipinski definition) is 0. The zero-order valence-electron chi connectivity index (χ0n) is 30.4. The number of hydrogen-bond acceptors (Lipinski definition) is 5. The standard InChI is InChI=1S/C51H30N4S2/c1-3-14-31(15-4-1)49-52-50(32-16-5-2-6-17-32)54-51(53-49)40-24-12-23-39-38-22-11-21-37(47(38)57-48(39)40)36-20-13-27-45-46(36)41-30-33(28-29-44(41)56-45)55-42-25-9-7-18-34(42)35-19-8-10-26-43(35)55/h1-30H. The van der Waals surface area contributed by atoms with Crippen LogP contribution >= 0.6 is 22.7 Å². The van der Waals surface area contributed by atoms with Gasteiger partial charge in [0, 0.05) is 79.1 Å². The molecule has 0 saturated heterocycles. The summed E-state index contributed by atoms with van der Waals surface area (Å²) in [6.07, 6.45) is 0. The third kappa shape index (κ3) is 5.08. The maximum atomic E-state index is 5.12. The highest BCUT2D eigenvalue weighted by atomic mass is 32.1. The number of aromatic nitrogens is 4. The average molecular weight is 763 g/mol. The Morgan fingerprint density at radius 1 is 0.351 bits per heavy atom. The molecule has 8 aromatic carbocycles. The lowest BCUT2D eigenvalue weighted by Crippen LogP contribution is -2.00. The highest BCUT2D eigenvalue weighted by Gasteiger charge is 2.20. The fourth-order valence-corrected chi connectivity index (χ4v) is 11.0. The van der Waals surface area contributed by atoms with E-state index in [2.05, 4.69) is 150 Å². The predicted octanol–water partition coefficient (Wildman–Crippen LogP) is 14.4. The van der Waals surface area contributed by atoms with E-state index in [-0.39, 0.29) is 0 Å². The van der Waals surface area contributed by atoms with E-state index in [9.17, 15) is 0 Å². The zero-order valence-corrected chi connectivity index (χ0v) is 32.1. The molecular formula is C51H30N4S2. The second-order valence-corrected chi connectivity index (χ2v) is 16.4. The summed E-state index contributed by atoms with van der Waals surface area (Å²) in [5.41, 5.74) is 9.01. The Morgan fingerprint density at radius 3 is 1.54 bits per heavy atom. The minimum absolute atomic E-state index is 0.662. The molecule has 0 atom stereocenters. The van der Waals surface area contributed by atoms with Crippen molar-refractivity contribution in [2.75, 3.05) is 0 Å². The smallest absolute Gasteiger partial charge is 0.165 e. The molecule has 4 nitrogen and oxygen atoms in total. The van der Waals surface area contributed by atoms with E-state index in [0.29, 0.717) is 17.5 Å². The van der Waals surface area contributed by atoms with Crippen LogP contribution in [0.15, 0.2) is 182 Å². The minimum atomic E-state index is 0.662. The lowest BCUT2D eigenvalue weighted by atomic mass is 9.97. The van der Waals surface area contributed by atoms with Gasteiger partial charge in [0.2, 0.25) is 0 Å². The van der Waals surface area contributed by atoms with Gasteiger partial charge in [-0.05, 0) is 48.0 Å². The van der Waals surface area contributed by atoms with E-state index in [4.69, 9.17) is 15.0 Å². The first-order chi connectivity index (χ1) is 28.3. The quantitative estimate of drug-likeness (QED) is 0.175. The van der Waals surface area contributed by atoms with E-state index in [1.54, 1.807) is 0 Å². The molecule has 0 aliphatic heterocycles. The van der Waals surface area contributed by atoms with Gasteiger partial charge >= 0.3 is 0 Å². The molecule has 0 fully saturated rings. The lowest BCUT2D eigenvalue weighted by Gasteiger charge is -2.10. The molecule has 0 bridgehead atoms. The molecule has 0 spiro atoms. The molecule has 0 aliphatic rings. The van der Waals surface area contributed by atoms with Crippen LogP contribution in [0.2, 0.25) is 0 Å². The lowest BCUT2D eigenvalue weighted by molar-refractivity contribution is 1.08. The summed E-state index contributed by atoms with van der Waals surface area (Å²) in [5.74, 6) is 1.99. The van der Waals surface area contributed by atoms with E-state index in [1.807, 2.05) is 59.1 Å². The number of benzene rings is 8. The molecule has 4 aromatic heterocycles. The summed E-state index contributed by atoms with van der Waals surface area (Å²) in [4.78, 5) is 15.2. The van der Waals surface area contributed by atoms with Crippen molar-refractivity contribution in [3.8, 4) is 51.0 Å². The summed E-state index contributed by atoms with van der Waals surface area (Å²) in [6, 6.07) is 64.8. The van der Waals surface area contributed by atoms with Gasteiger partial charge in [-0.1, -0.05) is 140 Å². The van der Waals surface area contributed by atoms with Crippen LogP contribution in [0.3, 0.4) is 0 Å². The molecule has 4 heterocycles. The number of para-hydroxylation sites is 2. The Balaban J connectivity index is 1.07. The molecule has 0 amide bonds. The first-order valence-corrected chi connectivity index (χ1v) is 20.7. The second-order valence-electron chi connectivity index (χ2n) is 14.3. The van der Waals surface area contributed by atoms with Crippen LogP contribution in [0, 0.1) is 0 Å². The van der Waals surface area contributed by atoms with Crippen molar-refractivity contribution in [1.82, 2.24) is 19.5 Å². The van der Waals surface area contributed by atoms with Gasteiger partial charge in [0.05, 0.1) is 11.0 Å². The van der Waals surface area contributed by atoms with Gasteiger partial charge in [0.25, 0.3) is 0 Å². The SMILES string of the molecule is c1ccc(-c2nc(-c3ccccc3)nc(-c3cccc4c3sc3c(-c5cccc6sc7ccc(-n8c9ccccc9c9ccccc98)cc7c56)cccc34)n2)cc1. The molecule has 266 valence electrons. The van der Waals surface area contributed by atoms with Crippen molar-refractivity contribution in [2.24, 2.45) is 0 Å². The molecule has 6 heteroatoms. The molecule has 0 saturated carbocycles. The molecular weight excluding hydrogens is 733 g/mol. The summed E-state index contributed by atoms with van der Waals surface area (Å²) < 4.78 is 7.41. The fraction of sp³-hybridized carbons (Fsp3) is 0. The van der Waals surface area contributed by atoms with Gasteiger partial charge in [0.1, 0.15) is 0 Å². The van der Waals surface area contributed by atoms with Crippen molar-refractivity contribution in [2.45, 2.75) is 0 Å². The van der Waals surface area contributed by atoms with Crippen LogP contribution in [0.4, 0.5) is 0 Å². The first-order valence-electron chi connectivity index (χ1n) is 19.0. The maximum absolute atomic E-state index is 5.12. The molecule has 12 rings (SSSR count). The maximum Gasteiger partial charge on any atom is 0.165 e. The monoisotopic (exact) mass is 762 g/mol. The third-order valence-electron chi connectivity index (χ3n) is 11.1. The Bertz CT molecular complexity index is 3410. The van der Waals surface area contributed by atoms with Gasteiger partial charge < -0.3 is 4.57 Å². The van der Waals surface area contributed by atoms with Gasteiger partial charge in [-0.15, -0.1) is 22.7 Å². The van der Waals surface area contributed by atoms with E-state index in [0.717, 1.165) is 16.7 Å². The van der Waals surface area contributed by atoms with Crippen molar-refractivity contribution in [1.29, 1.82) is 0 Å². The van der Waals surface area contributed by atoms with Crippen LogP contribution in [0.25, 0.3) is 113 Å². The Morgan fingerprint density at radius 2 is 0.877 bits per heavy atom. The van der Waals surface area contributed by atoms with Crippen LogP contribution in [-0.4, -0.2) is 19.5 Å². The van der Waals surface area contributed by atoms with E-state index >= 15 is 0 Å². The highest BCUT2D eigenvalue weighted by molar-refractivity contribution is 7.27. The Hall–Kier alpha value is -6.99. The topological polar surface area (TPSA) is 43.6 Å². The number of fused-ring (bicyclic) bond motifs is 9. The van der Waals surface area contributed by atoms with Crippen LogP contribution in [-0.2, 0) is 0 Å². The Labute approximate surface area is 335 Å². The zero-order chi connectivity index (χ0) is 37.5. The van der Waals surface area contributed by atoms with E-state index < -0.39 is 0 Å². The summed E-state index contributed by atoms with van der Waals surface area (Å²) >= 11 is 3.69. The largest absolute Gasteiger partial charge is 0.309 e. The highest BCUT2D eigenvalue weighted by Crippen LogP contribution is 2.47. The molecule has 0 aliphatic carbocycles. The van der Waals surface area contributed by atoms with E-state index in [1.165, 1.54) is 79.0 Å². The van der Waals surface area contributed by atoms with Crippen LogP contribution < -0.4 is 0 Å². The minimum Gasteiger partial charge on any atom is -0.309 e. The summed E-state index contributed by atoms with van der Waals surface area (Å²) in [6.45, 7) is 0. The fourth-order valence-electron chi connectivity index (χ4n) is 8.52.